The molecular formula is C15H25N3O4. The van der Waals surface area contributed by atoms with Gasteiger partial charge in [-0.1, -0.05) is 6.92 Å². The Morgan fingerprint density at radius 2 is 2.05 bits per heavy atom. The molecule has 0 saturated carbocycles. The summed E-state index contributed by atoms with van der Waals surface area (Å²) in [4.78, 5) is 6.45. The molecule has 3 heterocycles. The first-order valence-electron chi connectivity index (χ1n) is 8.09. The summed E-state index contributed by atoms with van der Waals surface area (Å²) in [5, 5.41) is 24.8. The van der Waals surface area contributed by atoms with Gasteiger partial charge in [0.1, 0.15) is 11.7 Å². The van der Waals surface area contributed by atoms with Gasteiger partial charge >= 0.3 is 0 Å². The van der Waals surface area contributed by atoms with Crippen molar-refractivity contribution >= 4 is 5.95 Å². The molecule has 2 saturated heterocycles. The van der Waals surface area contributed by atoms with Gasteiger partial charge in [-0.3, -0.25) is 0 Å². The van der Waals surface area contributed by atoms with Gasteiger partial charge in [0, 0.05) is 25.9 Å². The van der Waals surface area contributed by atoms with E-state index in [-0.39, 0.29) is 0 Å². The Labute approximate surface area is 130 Å². The average molecular weight is 311 g/mol. The fraction of sp³-hybridized carbons (Fsp3) is 0.867. The molecule has 1 unspecified atom stereocenters. The number of nitrogens with zero attached hydrogens (tertiary/aromatic N) is 3. The van der Waals surface area contributed by atoms with Crippen LogP contribution in [0, 0.1) is 0 Å². The molecule has 2 atom stereocenters. The second-order valence-electron chi connectivity index (χ2n) is 6.65. The number of hydrogen-bond donors (Lipinski definition) is 2. The molecule has 1 spiro atoms. The topological polar surface area (TPSA) is 91.9 Å². The fourth-order valence-corrected chi connectivity index (χ4v) is 3.44. The Morgan fingerprint density at radius 1 is 1.32 bits per heavy atom. The summed E-state index contributed by atoms with van der Waals surface area (Å²) in [5.74, 6) is 1.27. The lowest BCUT2D eigenvalue weighted by Gasteiger charge is -2.51. The van der Waals surface area contributed by atoms with Gasteiger partial charge < -0.3 is 24.4 Å². The molecule has 0 aromatic carbocycles. The van der Waals surface area contributed by atoms with E-state index in [0.29, 0.717) is 50.8 Å². The van der Waals surface area contributed by atoms with E-state index in [9.17, 15) is 10.2 Å². The second kappa shape index (κ2) is 5.79. The van der Waals surface area contributed by atoms with E-state index in [1.807, 2.05) is 4.90 Å². The number of hydrogen-bond acceptors (Lipinski definition) is 7. The third-order valence-electron chi connectivity index (χ3n) is 4.90. The number of aryl methyl sites for hydroxylation is 1. The van der Waals surface area contributed by atoms with Crippen LogP contribution in [0.1, 0.15) is 45.4 Å². The highest BCUT2D eigenvalue weighted by molar-refractivity contribution is 5.29. The van der Waals surface area contributed by atoms with E-state index in [1.165, 1.54) is 0 Å². The molecule has 0 aliphatic carbocycles. The first kappa shape index (κ1) is 15.7. The molecule has 2 aliphatic heterocycles. The smallest absolute Gasteiger partial charge is 0.266 e. The zero-order valence-corrected chi connectivity index (χ0v) is 13.3. The Hall–Kier alpha value is -1.18. The van der Waals surface area contributed by atoms with Gasteiger partial charge in [0.15, 0.2) is 0 Å². The van der Waals surface area contributed by atoms with E-state index in [4.69, 9.17) is 9.26 Å². The standard InChI is InChI=1S/C15H25N3O4/c1-3-4-11-16-13(17-22-11)18-8-5-15(6-9-18)12(19)14(2,20)7-10-21-15/h12,19-20H,3-10H2,1-2H3/t12?,14-/m1/s1. The van der Waals surface area contributed by atoms with Crippen molar-refractivity contribution in [2.75, 3.05) is 24.6 Å². The van der Waals surface area contributed by atoms with Crippen molar-refractivity contribution in [1.82, 2.24) is 10.1 Å². The molecule has 1 aromatic heterocycles. The van der Waals surface area contributed by atoms with Crippen LogP contribution in [0.5, 0.6) is 0 Å². The fourth-order valence-electron chi connectivity index (χ4n) is 3.44. The first-order chi connectivity index (χ1) is 10.5. The largest absolute Gasteiger partial charge is 0.387 e. The molecule has 7 heteroatoms. The zero-order valence-electron chi connectivity index (χ0n) is 13.3. The Kier molecular flexibility index (Phi) is 4.13. The number of piperidine rings is 1. The van der Waals surface area contributed by atoms with Crippen LogP contribution in [0.25, 0.3) is 0 Å². The zero-order chi connectivity index (χ0) is 15.8. The highest BCUT2D eigenvalue weighted by Crippen LogP contribution is 2.40. The van der Waals surface area contributed by atoms with Crippen LogP contribution >= 0.6 is 0 Å². The van der Waals surface area contributed by atoms with E-state index in [0.717, 1.165) is 12.8 Å². The molecule has 7 nitrogen and oxygen atoms in total. The lowest BCUT2D eigenvalue weighted by atomic mass is 9.75. The molecule has 0 amide bonds. The second-order valence-corrected chi connectivity index (χ2v) is 6.65. The minimum atomic E-state index is -1.08. The predicted molar refractivity (Wildman–Crippen MR) is 79.7 cm³/mol. The summed E-state index contributed by atoms with van der Waals surface area (Å²) in [5.41, 5.74) is -1.74. The van der Waals surface area contributed by atoms with Crippen molar-refractivity contribution in [3.05, 3.63) is 5.89 Å². The molecule has 22 heavy (non-hydrogen) atoms. The number of rotatable bonds is 3. The van der Waals surface area contributed by atoms with Crippen molar-refractivity contribution in [3.63, 3.8) is 0 Å². The lowest BCUT2D eigenvalue weighted by molar-refractivity contribution is -0.239. The summed E-state index contributed by atoms with van der Waals surface area (Å²) in [6.07, 6.45) is 2.64. The van der Waals surface area contributed by atoms with Crippen molar-refractivity contribution < 1.29 is 19.5 Å². The third-order valence-corrected chi connectivity index (χ3v) is 4.90. The van der Waals surface area contributed by atoms with Crippen molar-refractivity contribution in [2.24, 2.45) is 0 Å². The van der Waals surface area contributed by atoms with E-state index in [2.05, 4.69) is 17.1 Å². The highest BCUT2D eigenvalue weighted by atomic mass is 16.5. The molecule has 2 aliphatic rings. The van der Waals surface area contributed by atoms with Gasteiger partial charge in [-0.15, -0.1) is 0 Å². The number of anilines is 1. The maximum atomic E-state index is 10.5. The Bertz CT molecular complexity index is 509. The van der Waals surface area contributed by atoms with Crippen LogP contribution in [0.2, 0.25) is 0 Å². The van der Waals surface area contributed by atoms with Gasteiger partial charge in [-0.05, 0) is 31.3 Å². The number of aliphatic hydroxyl groups excluding tert-OH is 1. The average Bonchev–Trinajstić information content (AvgIpc) is 2.95. The van der Waals surface area contributed by atoms with Gasteiger partial charge in [0.2, 0.25) is 5.89 Å². The van der Waals surface area contributed by atoms with Crippen LogP contribution in [0.4, 0.5) is 5.95 Å². The molecule has 3 rings (SSSR count). The number of aliphatic hydroxyl groups is 2. The van der Waals surface area contributed by atoms with Gasteiger partial charge in [-0.25, -0.2) is 0 Å². The van der Waals surface area contributed by atoms with Crippen LogP contribution < -0.4 is 4.90 Å². The Balaban J connectivity index is 1.66. The van der Waals surface area contributed by atoms with Crippen LogP contribution in [0.3, 0.4) is 0 Å². The summed E-state index contributed by atoms with van der Waals surface area (Å²) in [7, 11) is 0. The minimum Gasteiger partial charge on any atom is -0.387 e. The third kappa shape index (κ3) is 2.73. The van der Waals surface area contributed by atoms with E-state index in [1.54, 1.807) is 6.92 Å². The first-order valence-corrected chi connectivity index (χ1v) is 8.09. The summed E-state index contributed by atoms with van der Waals surface area (Å²) >= 11 is 0. The van der Waals surface area contributed by atoms with Crippen LogP contribution in [-0.4, -0.2) is 57.4 Å². The molecule has 0 bridgehead atoms. The maximum Gasteiger partial charge on any atom is 0.266 e. The minimum absolute atomic E-state index is 0.463. The summed E-state index contributed by atoms with van der Waals surface area (Å²) in [6, 6.07) is 0. The maximum absolute atomic E-state index is 10.5. The molecular weight excluding hydrogens is 286 g/mol. The molecule has 2 N–H and O–H groups in total. The monoisotopic (exact) mass is 311 g/mol. The summed E-state index contributed by atoms with van der Waals surface area (Å²) in [6.45, 7) is 5.59. The number of aromatic nitrogens is 2. The quantitative estimate of drug-likeness (QED) is 0.856. The van der Waals surface area contributed by atoms with Crippen molar-refractivity contribution in [2.45, 2.75) is 63.3 Å². The lowest BCUT2D eigenvalue weighted by Crippen LogP contribution is -2.64. The predicted octanol–water partition coefficient (Wildman–Crippen LogP) is 0.893. The highest BCUT2D eigenvalue weighted by Gasteiger charge is 2.52. The van der Waals surface area contributed by atoms with Gasteiger partial charge in [0.25, 0.3) is 5.95 Å². The van der Waals surface area contributed by atoms with Crippen LogP contribution in [0.15, 0.2) is 4.52 Å². The van der Waals surface area contributed by atoms with Crippen molar-refractivity contribution in [3.8, 4) is 0 Å². The van der Waals surface area contributed by atoms with Crippen molar-refractivity contribution in [1.29, 1.82) is 0 Å². The SMILES string of the molecule is CCCc1nc(N2CCC3(CC2)OCC[C@@](C)(O)C3O)no1. The molecule has 0 radical (unpaired) electrons. The molecule has 124 valence electrons. The number of ether oxygens (including phenoxy) is 1. The molecule has 1 aromatic rings. The Morgan fingerprint density at radius 3 is 2.73 bits per heavy atom. The van der Waals surface area contributed by atoms with Crippen LogP contribution in [-0.2, 0) is 11.2 Å². The molecule has 2 fully saturated rings. The summed E-state index contributed by atoms with van der Waals surface area (Å²) < 4.78 is 11.1. The van der Waals surface area contributed by atoms with Gasteiger partial charge in [0.05, 0.1) is 12.2 Å². The normalized spacial score (nSPS) is 31.6. The van der Waals surface area contributed by atoms with E-state index < -0.39 is 17.3 Å². The van der Waals surface area contributed by atoms with Gasteiger partial charge in [-0.2, -0.15) is 4.98 Å². The van der Waals surface area contributed by atoms with E-state index >= 15 is 0 Å².